The van der Waals surface area contributed by atoms with Crippen molar-refractivity contribution in [3.05, 3.63) is 53.3 Å². The number of amides is 1. The minimum atomic E-state index is -0.0265. The van der Waals surface area contributed by atoms with Crippen LogP contribution in [0.1, 0.15) is 28.3 Å². The third-order valence-corrected chi connectivity index (χ3v) is 5.44. The summed E-state index contributed by atoms with van der Waals surface area (Å²) in [7, 11) is 0. The monoisotopic (exact) mass is 353 g/mol. The summed E-state index contributed by atoms with van der Waals surface area (Å²) in [6.07, 6.45) is 3.53. The van der Waals surface area contributed by atoms with Crippen molar-refractivity contribution in [1.29, 1.82) is 0 Å². The number of hydrogen-bond acceptors (Lipinski definition) is 5. The van der Waals surface area contributed by atoms with Gasteiger partial charge in [-0.05, 0) is 37.3 Å². The van der Waals surface area contributed by atoms with Gasteiger partial charge in [0.1, 0.15) is 11.9 Å². The van der Waals surface area contributed by atoms with Crippen LogP contribution in [0.3, 0.4) is 0 Å². The van der Waals surface area contributed by atoms with E-state index in [9.17, 15) is 4.79 Å². The number of carbonyl (C=O) groups is 1. The summed E-state index contributed by atoms with van der Waals surface area (Å²) in [5.74, 6) is 1.36. The highest BCUT2D eigenvalue weighted by Gasteiger charge is 2.27. The Kier molecular flexibility index (Phi) is 4.36. The molecule has 1 aliphatic heterocycles. The van der Waals surface area contributed by atoms with E-state index in [1.807, 2.05) is 36.1 Å². The molecule has 128 valence electrons. The van der Waals surface area contributed by atoms with E-state index in [0.717, 1.165) is 34.3 Å². The maximum absolute atomic E-state index is 12.9. The minimum absolute atomic E-state index is 0.0265. The Morgan fingerprint density at radius 2 is 2.20 bits per heavy atom. The molecule has 2 aromatic heterocycles. The third-order valence-electron chi connectivity index (χ3n) is 4.34. The van der Waals surface area contributed by atoms with Gasteiger partial charge in [-0.1, -0.05) is 18.2 Å². The second-order valence-corrected chi connectivity index (χ2v) is 7.31. The van der Waals surface area contributed by atoms with Crippen molar-refractivity contribution >= 4 is 27.3 Å². The molecule has 1 unspecified atom stereocenters. The molecule has 0 radical (unpaired) electrons. The van der Waals surface area contributed by atoms with Gasteiger partial charge in [-0.3, -0.25) is 4.79 Å². The standard InChI is InChI=1S/C19H19N3O2S/c1-13-20-9-8-18(21-13)24-15-6-4-10-22(12-15)19(23)17-11-14-5-2-3-7-16(14)25-17/h2-3,5,7-9,11,15H,4,6,10,12H2,1H3. The molecular weight excluding hydrogens is 334 g/mol. The van der Waals surface area contributed by atoms with Crippen molar-refractivity contribution in [1.82, 2.24) is 14.9 Å². The predicted octanol–water partition coefficient (Wildman–Crippen LogP) is 3.68. The van der Waals surface area contributed by atoms with Crippen LogP contribution in [0.25, 0.3) is 10.1 Å². The van der Waals surface area contributed by atoms with Crippen LogP contribution in [0.15, 0.2) is 42.6 Å². The van der Waals surface area contributed by atoms with E-state index in [1.165, 1.54) is 0 Å². The first kappa shape index (κ1) is 16.0. The molecule has 1 amide bonds. The van der Waals surface area contributed by atoms with E-state index in [2.05, 4.69) is 16.0 Å². The fraction of sp³-hybridized carbons (Fsp3) is 0.316. The van der Waals surface area contributed by atoms with E-state index in [0.29, 0.717) is 18.2 Å². The van der Waals surface area contributed by atoms with Crippen LogP contribution in [0.5, 0.6) is 5.88 Å². The first-order valence-corrected chi connectivity index (χ1v) is 9.25. The van der Waals surface area contributed by atoms with Gasteiger partial charge < -0.3 is 9.64 Å². The normalized spacial score (nSPS) is 17.6. The van der Waals surface area contributed by atoms with Gasteiger partial charge in [0.2, 0.25) is 5.88 Å². The second-order valence-electron chi connectivity index (χ2n) is 6.22. The zero-order chi connectivity index (χ0) is 17.2. The third kappa shape index (κ3) is 3.49. The lowest BCUT2D eigenvalue weighted by Gasteiger charge is -2.32. The fourth-order valence-electron chi connectivity index (χ4n) is 3.13. The van der Waals surface area contributed by atoms with Crippen LogP contribution in [0.2, 0.25) is 0 Å². The Hall–Kier alpha value is -2.47. The van der Waals surface area contributed by atoms with E-state index in [1.54, 1.807) is 23.6 Å². The molecule has 0 aliphatic carbocycles. The molecule has 3 aromatic rings. The van der Waals surface area contributed by atoms with E-state index in [4.69, 9.17) is 4.74 Å². The zero-order valence-electron chi connectivity index (χ0n) is 14.0. The molecule has 4 rings (SSSR count). The molecule has 6 heteroatoms. The van der Waals surface area contributed by atoms with Crippen molar-refractivity contribution in [3.8, 4) is 5.88 Å². The van der Waals surface area contributed by atoms with Gasteiger partial charge in [0.15, 0.2) is 0 Å². The van der Waals surface area contributed by atoms with Gasteiger partial charge in [-0.25, -0.2) is 4.98 Å². The van der Waals surface area contributed by atoms with Crippen LogP contribution >= 0.6 is 11.3 Å². The largest absolute Gasteiger partial charge is 0.472 e. The summed E-state index contributed by atoms with van der Waals surface area (Å²) in [6, 6.07) is 11.8. The maximum atomic E-state index is 12.9. The smallest absolute Gasteiger partial charge is 0.264 e. The lowest BCUT2D eigenvalue weighted by molar-refractivity contribution is 0.0531. The summed E-state index contributed by atoms with van der Waals surface area (Å²) in [4.78, 5) is 23.9. The van der Waals surface area contributed by atoms with E-state index >= 15 is 0 Å². The molecule has 25 heavy (non-hydrogen) atoms. The number of ether oxygens (including phenoxy) is 1. The minimum Gasteiger partial charge on any atom is -0.472 e. The summed E-state index contributed by atoms with van der Waals surface area (Å²) < 4.78 is 7.12. The fourth-order valence-corrected chi connectivity index (χ4v) is 4.16. The van der Waals surface area contributed by atoms with Crippen molar-refractivity contribution in [2.45, 2.75) is 25.9 Å². The number of thiophene rings is 1. The van der Waals surface area contributed by atoms with Gasteiger partial charge in [-0.2, -0.15) is 4.98 Å². The Balaban J connectivity index is 1.47. The molecule has 1 fully saturated rings. The highest BCUT2D eigenvalue weighted by Crippen LogP contribution is 2.27. The van der Waals surface area contributed by atoms with Gasteiger partial charge in [0.05, 0.1) is 11.4 Å². The lowest BCUT2D eigenvalue weighted by atomic mass is 10.1. The Morgan fingerprint density at radius 1 is 1.32 bits per heavy atom. The molecule has 5 nitrogen and oxygen atoms in total. The van der Waals surface area contributed by atoms with Gasteiger partial charge in [-0.15, -0.1) is 11.3 Å². The van der Waals surface area contributed by atoms with Crippen molar-refractivity contribution in [3.63, 3.8) is 0 Å². The quantitative estimate of drug-likeness (QED) is 0.721. The first-order chi connectivity index (χ1) is 12.2. The number of piperidine rings is 1. The molecule has 1 aliphatic rings. The summed E-state index contributed by atoms with van der Waals surface area (Å²) >= 11 is 1.55. The van der Waals surface area contributed by atoms with Crippen molar-refractivity contribution < 1.29 is 9.53 Å². The summed E-state index contributed by atoms with van der Waals surface area (Å²) in [6.45, 7) is 3.21. The Morgan fingerprint density at radius 3 is 3.04 bits per heavy atom. The van der Waals surface area contributed by atoms with Crippen LogP contribution in [0.4, 0.5) is 0 Å². The van der Waals surface area contributed by atoms with Crippen LogP contribution in [-0.2, 0) is 0 Å². The summed E-state index contributed by atoms with van der Waals surface area (Å²) in [5, 5.41) is 1.12. The number of nitrogens with zero attached hydrogens (tertiary/aromatic N) is 3. The Bertz CT molecular complexity index is 875. The maximum Gasteiger partial charge on any atom is 0.264 e. The van der Waals surface area contributed by atoms with Gasteiger partial charge in [0.25, 0.3) is 5.91 Å². The lowest BCUT2D eigenvalue weighted by Crippen LogP contribution is -2.44. The molecule has 0 bridgehead atoms. The van der Waals surface area contributed by atoms with Crippen molar-refractivity contribution in [2.24, 2.45) is 0 Å². The number of rotatable bonds is 3. The predicted molar refractivity (Wildman–Crippen MR) is 98.1 cm³/mol. The molecule has 0 saturated carbocycles. The zero-order valence-corrected chi connectivity index (χ0v) is 14.8. The number of hydrogen-bond donors (Lipinski definition) is 0. The SMILES string of the molecule is Cc1nccc(OC2CCCN(C(=O)c3cc4ccccc4s3)C2)n1. The second kappa shape index (κ2) is 6.80. The van der Waals surface area contributed by atoms with E-state index in [-0.39, 0.29) is 12.0 Å². The average Bonchev–Trinajstić information content (AvgIpc) is 3.05. The number of fused-ring (bicyclic) bond motifs is 1. The van der Waals surface area contributed by atoms with Crippen LogP contribution in [0, 0.1) is 6.92 Å². The molecule has 3 heterocycles. The van der Waals surface area contributed by atoms with Gasteiger partial charge in [0, 0.05) is 23.5 Å². The molecule has 1 aromatic carbocycles. The first-order valence-electron chi connectivity index (χ1n) is 8.43. The number of aryl methyl sites for hydroxylation is 1. The van der Waals surface area contributed by atoms with Crippen LogP contribution in [-0.4, -0.2) is 40.0 Å². The molecular formula is C19H19N3O2S. The highest BCUT2D eigenvalue weighted by atomic mass is 32.1. The van der Waals surface area contributed by atoms with Crippen molar-refractivity contribution in [2.75, 3.05) is 13.1 Å². The number of benzene rings is 1. The highest BCUT2D eigenvalue weighted by molar-refractivity contribution is 7.20. The number of carbonyl (C=O) groups excluding carboxylic acids is 1. The summed E-state index contributed by atoms with van der Waals surface area (Å²) in [5.41, 5.74) is 0. The Labute approximate surface area is 150 Å². The molecule has 1 saturated heterocycles. The topological polar surface area (TPSA) is 55.3 Å². The average molecular weight is 353 g/mol. The molecule has 1 atom stereocenters. The van der Waals surface area contributed by atoms with E-state index < -0.39 is 0 Å². The number of likely N-dealkylation sites (tertiary alicyclic amines) is 1. The van der Waals surface area contributed by atoms with Crippen LogP contribution < -0.4 is 4.74 Å². The number of aromatic nitrogens is 2. The van der Waals surface area contributed by atoms with Gasteiger partial charge >= 0.3 is 0 Å². The molecule has 0 N–H and O–H groups in total. The molecule has 0 spiro atoms.